The zero-order valence-corrected chi connectivity index (χ0v) is 20.8. The molecule has 3 rings (SSSR count). The minimum Gasteiger partial charge on any atom is -0.369 e. The Morgan fingerprint density at radius 1 is 0.844 bits per heavy atom. The van der Waals surface area contributed by atoms with Gasteiger partial charge in [-0.25, -0.2) is 16.8 Å². The summed E-state index contributed by atoms with van der Waals surface area (Å²) >= 11 is 0. The zero-order valence-electron chi connectivity index (χ0n) is 19.2. The molecular weight excluding hydrogens is 446 g/mol. The number of nitrogens with zero attached hydrogens (tertiary/aromatic N) is 3. The van der Waals surface area contributed by atoms with E-state index in [0.29, 0.717) is 32.7 Å². The van der Waals surface area contributed by atoms with Crippen LogP contribution in [0.5, 0.6) is 0 Å². The number of hydrogen-bond donors (Lipinski definition) is 0. The summed E-state index contributed by atoms with van der Waals surface area (Å²) in [4.78, 5) is 2.34. The number of piperazine rings is 1. The lowest BCUT2D eigenvalue weighted by Crippen LogP contribution is -2.48. The second-order valence-corrected chi connectivity index (χ2v) is 12.6. The standard InChI is InChI=1S/C23H33N3O4S2/c1-19(2)18-26(20(3)21-8-6-5-7-9-21)32(29,30)23-12-10-22(11-13-23)24-14-16-25(17-15-24)31(4,27)28/h5-13,19-20H,14-18H2,1-4H3/t20-/m0/s1. The van der Waals surface area contributed by atoms with E-state index in [1.54, 1.807) is 16.4 Å². The van der Waals surface area contributed by atoms with E-state index >= 15 is 0 Å². The topological polar surface area (TPSA) is 78.0 Å². The molecule has 0 spiro atoms. The minimum absolute atomic E-state index is 0.182. The average molecular weight is 480 g/mol. The van der Waals surface area contributed by atoms with E-state index in [0.717, 1.165) is 11.3 Å². The van der Waals surface area contributed by atoms with Crippen molar-refractivity contribution in [3.05, 3.63) is 60.2 Å². The first-order valence-corrected chi connectivity index (χ1v) is 14.2. The monoisotopic (exact) mass is 479 g/mol. The van der Waals surface area contributed by atoms with E-state index in [2.05, 4.69) is 4.90 Å². The maximum absolute atomic E-state index is 13.6. The number of sulfonamides is 2. The Morgan fingerprint density at radius 3 is 1.91 bits per heavy atom. The molecule has 1 heterocycles. The first-order chi connectivity index (χ1) is 15.0. The van der Waals surface area contributed by atoms with Crippen molar-refractivity contribution >= 4 is 25.7 Å². The number of benzene rings is 2. The fourth-order valence-electron chi connectivity index (χ4n) is 3.96. The second-order valence-electron chi connectivity index (χ2n) is 8.70. The number of anilines is 1. The van der Waals surface area contributed by atoms with E-state index in [1.807, 2.05) is 63.2 Å². The fraction of sp³-hybridized carbons (Fsp3) is 0.478. The highest BCUT2D eigenvalue weighted by Crippen LogP contribution is 2.29. The Kier molecular flexibility index (Phi) is 7.65. The third kappa shape index (κ3) is 5.70. The van der Waals surface area contributed by atoms with Gasteiger partial charge in [0.05, 0.1) is 11.2 Å². The van der Waals surface area contributed by atoms with Gasteiger partial charge in [0.1, 0.15) is 0 Å². The van der Waals surface area contributed by atoms with Gasteiger partial charge in [-0.1, -0.05) is 44.2 Å². The summed E-state index contributed by atoms with van der Waals surface area (Å²) in [6, 6.07) is 16.3. The van der Waals surface area contributed by atoms with Crippen LogP contribution < -0.4 is 4.90 Å². The molecule has 1 atom stereocenters. The predicted molar refractivity (Wildman–Crippen MR) is 129 cm³/mol. The van der Waals surface area contributed by atoms with Gasteiger partial charge >= 0.3 is 0 Å². The van der Waals surface area contributed by atoms with Crippen LogP contribution in [0.1, 0.15) is 32.4 Å². The highest BCUT2D eigenvalue weighted by molar-refractivity contribution is 7.89. The Balaban J connectivity index is 1.81. The van der Waals surface area contributed by atoms with E-state index < -0.39 is 20.0 Å². The molecule has 32 heavy (non-hydrogen) atoms. The molecule has 0 aromatic heterocycles. The van der Waals surface area contributed by atoms with Gasteiger partial charge < -0.3 is 4.90 Å². The highest BCUT2D eigenvalue weighted by Gasteiger charge is 2.31. The summed E-state index contributed by atoms with van der Waals surface area (Å²) in [5.74, 6) is 0.182. The van der Waals surface area contributed by atoms with Crippen LogP contribution in [0.3, 0.4) is 0 Å². The van der Waals surface area contributed by atoms with E-state index in [1.165, 1.54) is 10.6 Å². The average Bonchev–Trinajstić information content (AvgIpc) is 2.77. The number of rotatable bonds is 8. The van der Waals surface area contributed by atoms with Gasteiger partial charge in [-0.15, -0.1) is 0 Å². The van der Waals surface area contributed by atoms with Crippen molar-refractivity contribution in [1.29, 1.82) is 0 Å². The van der Waals surface area contributed by atoms with Crippen molar-refractivity contribution in [1.82, 2.24) is 8.61 Å². The summed E-state index contributed by atoms with van der Waals surface area (Å²) in [5, 5.41) is 0. The van der Waals surface area contributed by atoms with Crippen molar-refractivity contribution in [3.63, 3.8) is 0 Å². The smallest absolute Gasteiger partial charge is 0.243 e. The van der Waals surface area contributed by atoms with Gasteiger partial charge in [-0.05, 0) is 42.7 Å². The van der Waals surface area contributed by atoms with Crippen molar-refractivity contribution < 1.29 is 16.8 Å². The van der Waals surface area contributed by atoms with Crippen molar-refractivity contribution in [2.75, 3.05) is 43.9 Å². The largest absolute Gasteiger partial charge is 0.369 e. The van der Waals surface area contributed by atoms with Gasteiger partial charge in [-0.2, -0.15) is 8.61 Å². The van der Waals surface area contributed by atoms with Crippen molar-refractivity contribution in [3.8, 4) is 0 Å². The summed E-state index contributed by atoms with van der Waals surface area (Å²) in [6.07, 6.45) is 1.22. The molecule has 1 fully saturated rings. The molecule has 0 aliphatic carbocycles. The third-order valence-corrected chi connectivity index (χ3v) is 9.03. The molecule has 0 radical (unpaired) electrons. The number of hydrogen-bond acceptors (Lipinski definition) is 5. The molecule has 7 nitrogen and oxygen atoms in total. The lowest BCUT2D eigenvalue weighted by molar-refractivity contribution is 0.308. The van der Waals surface area contributed by atoms with E-state index in [-0.39, 0.29) is 16.9 Å². The molecule has 2 aromatic carbocycles. The summed E-state index contributed by atoms with van der Waals surface area (Å²) in [7, 11) is -6.88. The Bertz CT molecular complexity index is 1090. The van der Waals surface area contributed by atoms with E-state index in [9.17, 15) is 16.8 Å². The molecule has 1 aliphatic heterocycles. The van der Waals surface area contributed by atoms with Crippen LogP contribution in [0.2, 0.25) is 0 Å². The SMILES string of the molecule is CC(C)CN([C@@H](C)c1ccccc1)S(=O)(=O)c1ccc(N2CCN(S(C)(=O)=O)CC2)cc1. The summed E-state index contributed by atoms with van der Waals surface area (Å²) in [5.41, 5.74) is 1.85. The van der Waals surface area contributed by atoms with Gasteiger partial charge in [0.2, 0.25) is 20.0 Å². The highest BCUT2D eigenvalue weighted by atomic mass is 32.2. The maximum Gasteiger partial charge on any atom is 0.243 e. The first kappa shape index (κ1) is 24.7. The Labute approximate surface area is 192 Å². The quantitative estimate of drug-likeness (QED) is 0.581. The molecule has 2 aromatic rings. The van der Waals surface area contributed by atoms with Crippen LogP contribution in [0.4, 0.5) is 5.69 Å². The van der Waals surface area contributed by atoms with Crippen molar-refractivity contribution in [2.24, 2.45) is 5.92 Å². The van der Waals surface area contributed by atoms with Gasteiger partial charge in [0, 0.05) is 44.5 Å². The van der Waals surface area contributed by atoms with Crippen molar-refractivity contribution in [2.45, 2.75) is 31.7 Å². The fourth-order valence-corrected chi connectivity index (χ4v) is 6.57. The van der Waals surface area contributed by atoms with Crippen LogP contribution in [-0.4, -0.2) is 64.4 Å². The molecule has 0 saturated carbocycles. The molecule has 0 bridgehead atoms. The maximum atomic E-state index is 13.6. The second kappa shape index (κ2) is 9.91. The van der Waals surface area contributed by atoms with E-state index in [4.69, 9.17) is 0 Å². The van der Waals surface area contributed by atoms with Crippen LogP contribution in [0.15, 0.2) is 59.5 Å². The molecule has 176 valence electrons. The third-order valence-electron chi connectivity index (χ3n) is 5.78. The van der Waals surface area contributed by atoms with Crippen LogP contribution in [-0.2, 0) is 20.0 Å². The van der Waals surface area contributed by atoms with Gasteiger partial charge in [0.15, 0.2) is 0 Å². The molecule has 0 unspecified atom stereocenters. The molecule has 1 saturated heterocycles. The Hall–Kier alpha value is -1.94. The molecule has 0 amide bonds. The van der Waals surface area contributed by atoms with Gasteiger partial charge in [0.25, 0.3) is 0 Å². The van der Waals surface area contributed by atoms with Crippen LogP contribution >= 0.6 is 0 Å². The Morgan fingerprint density at radius 2 is 1.41 bits per heavy atom. The summed E-state index contributed by atoms with van der Waals surface area (Å²) < 4.78 is 53.6. The van der Waals surface area contributed by atoms with Crippen LogP contribution in [0.25, 0.3) is 0 Å². The molecule has 1 aliphatic rings. The predicted octanol–water partition coefficient (Wildman–Crippen LogP) is 3.18. The molecule has 0 N–H and O–H groups in total. The lowest BCUT2D eigenvalue weighted by Gasteiger charge is -2.35. The molecule has 9 heteroatoms. The lowest BCUT2D eigenvalue weighted by atomic mass is 10.1. The zero-order chi connectivity index (χ0) is 23.5. The van der Waals surface area contributed by atoms with Crippen LogP contribution in [0, 0.1) is 5.92 Å². The van der Waals surface area contributed by atoms with Gasteiger partial charge in [-0.3, -0.25) is 0 Å². The molecular formula is C23H33N3O4S2. The minimum atomic E-state index is -3.69. The first-order valence-electron chi connectivity index (χ1n) is 10.9. The normalized spacial score (nSPS) is 17.1. The summed E-state index contributed by atoms with van der Waals surface area (Å²) in [6.45, 7) is 8.37.